The molecule has 0 heterocycles. The molecule has 0 bridgehead atoms. The second-order valence-corrected chi connectivity index (χ2v) is 5.77. The van der Waals surface area contributed by atoms with Crippen LogP contribution in [0.3, 0.4) is 0 Å². The smallest absolute Gasteiger partial charge is 0.118 e. The lowest BCUT2D eigenvalue weighted by molar-refractivity contribution is 0.414. The zero-order chi connectivity index (χ0) is 15.9. The largest absolute Gasteiger partial charge is 0.497 e. The lowest BCUT2D eigenvalue weighted by atomic mass is 9.99. The van der Waals surface area contributed by atoms with Gasteiger partial charge in [-0.2, -0.15) is 0 Å². The van der Waals surface area contributed by atoms with Crippen molar-refractivity contribution in [1.29, 1.82) is 0 Å². The maximum Gasteiger partial charge on any atom is 0.118 e. The summed E-state index contributed by atoms with van der Waals surface area (Å²) in [5, 5.41) is 0. The SMILES string of the molecule is COc1ccc(CCCc2cccc(-c3ccccc3)c2)cc1. The first kappa shape index (κ1) is 15.4. The predicted octanol–water partition coefficient (Wildman–Crippen LogP) is 5.54. The van der Waals surface area contributed by atoms with Crippen molar-refractivity contribution in [2.45, 2.75) is 19.3 Å². The molecule has 0 saturated carbocycles. The highest BCUT2D eigenvalue weighted by Gasteiger charge is 2.00. The molecular weight excluding hydrogens is 280 g/mol. The van der Waals surface area contributed by atoms with E-state index in [2.05, 4.69) is 66.7 Å². The molecule has 1 nitrogen and oxygen atoms in total. The van der Waals surface area contributed by atoms with Crippen LogP contribution in [-0.4, -0.2) is 7.11 Å². The quantitative estimate of drug-likeness (QED) is 0.581. The Labute approximate surface area is 138 Å². The molecule has 0 N–H and O–H groups in total. The Balaban J connectivity index is 1.60. The average molecular weight is 302 g/mol. The lowest BCUT2D eigenvalue weighted by Gasteiger charge is -2.07. The third-order valence-corrected chi connectivity index (χ3v) is 4.12. The highest BCUT2D eigenvalue weighted by atomic mass is 16.5. The number of benzene rings is 3. The molecule has 3 aromatic carbocycles. The Morgan fingerprint density at radius 2 is 1.35 bits per heavy atom. The minimum Gasteiger partial charge on any atom is -0.497 e. The summed E-state index contributed by atoms with van der Waals surface area (Å²) in [5.41, 5.74) is 5.35. The zero-order valence-electron chi connectivity index (χ0n) is 13.5. The maximum absolute atomic E-state index is 5.20. The zero-order valence-corrected chi connectivity index (χ0v) is 13.5. The van der Waals surface area contributed by atoms with Crippen LogP contribution in [0.2, 0.25) is 0 Å². The number of ether oxygens (including phenoxy) is 1. The fourth-order valence-electron chi connectivity index (χ4n) is 2.83. The van der Waals surface area contributed by atoms with E-state index < -0.39 is 0 Å². The number of hydrogen-bond acceptors (Lipinski definition) is 1. The average Bonchev–Trinajstić information content (AvgIpc) is 2.63. The van der Waals surface area contributed by atoms with Gasteiger partial charge < -0.3 is 4.74 Å². The summed E-state index contributed by atoms with van der Waals surface area (Å²) in [6.07, 6.45) is 3.36. The number of methoxy groups -OCH3 is 1. The van der Waals surface area contributed by atoms with Crippen LogP contribution < -0.4 is 4.74 Å². The van der Waals surface area contributed by atoms with Gasteiger partial charge in [0.05, 0.1) is 7.11 Å². The van der Waals surface area contributed by atoms with Gasteiger partial charge in [0.2, 0.25) is 0 Å². The van der Waals surface area contributed by atoms with E-state index in [9.17, 15) is 0 Å². The summed E-state index contributed by atoms with van der Waals surface area (Å²) in [6, 6.07) is 27.8. The molecule has 3 aromatic rings. The van der Waals surface area contributed by atoms with Gasteiger partial charge in [-0.15, -0.1) is 0 Å². The normalized spacial score (nSPS) is 10.5. The van der Waals surface area contributed by atoms with Crippen molar-refractivity contribution in [3.8, 4) is 16.9 Å². The Bertz CT molecular complexity index is 729. The standard InChI is InChI=1S/C22H22O/c1-23-22-15-13-18(14-16-22)7-5-8-19-9-6-12-21(17-19)20-10-3-2-4-11-20/h2-4,6,9-17H,5,7-8H2,1H3. The molecule has 0 aliphatic rings. The molecular formula is C22H22O. The van der Waals surface area contributed by atoms with Gasteiger partial charge in [-0.05, 0) is 53.6 Å². The van der Waals surface area contributed by atoms with Gasteiger partial charge in [0.15, 0.2) is 0 Å². The van der Waals surface area contributed by atoms with Crippen molar-refractivity contribution in [3.63, 3.8) is 0 Å². The molecule has 0 aromatic heterocycles. The molecule has 0 saturated heterocycles. The topological polar surface area (TPSA) is 9.23 Å². The van der Waals surface area contributed by atoms with Crippen LogP contribution in [0.4, 0.5) is 0 Å². The summed E-state index contributed by atoms with van der Waals surface area (Å²) in [4.78, 5) is 0. The van der Waals surface area contributed by atoms with Crippen LogP contribution in [0, 0.1) is 0 Å². The molecule has 0 fully saturated rings. The molecule has 3 rings (SSSR count). The monoisotopic (exact) mass is 302 g/mol. The number of rotatable bonds is 6. The van der Waals surface area contributed by atoms with E-state index in [1.165, 1.54) is 22.3 Å². The van der Waals surface area contributed by atoms with Gasteiger partial charge in [-0.25, -0.2) is 0 Å². The number of hydrogen-bond donors (Lipinski definition) is 0. The lowest BCUT2D eigenvalue weighted by Crippen LogP contribution is -1.91. The molecule has 0 atom stereocenters. The summed E-state index contributed by atoms with van der Waals surface area (Å²) < 4.78 is 5.20. The van der Waals surface area contributed by atoms with E-state index >= 15 is 0 Å². The molecule has 0 aliphatic heterocycles. The summed E-state index contributed by atoms with van der Waals surface area (Å²) in [5.74, 6) is 0.921. The van der Waals surface area contributed by atoms with Gasteiger partial charge in [-0.3, -0.25) is 0 Å². The third-order valence-electron chi connectivity index (χ3n) is 4.12. The first-order valence-electron chi connectivity index (χ1n) is 8.12. The van der Waals surface area contributed by atoms with Crippen LogP contribution in [0.1, 0.15) is 17.5 Å². The third kappa shape index (κ3) is 4.23. The molecule has 0 amide bonds. The molecule has 116 valence electrons. The Hall–Kier alpha value is -2.54. The van der Waals surface area contributed by atoms with Gasteiger partial charge in [0.25, 0.3) is 0 Å². The molecule has 0 spiro atoms. The summed E-state index contributed by atoms with van der Waals surface area (Å²) in [6.45, 7) is 0. The first-order chi connectivity index (χ1) is 11.3. The van der Waals surface area contributed by atoms with Crippen LogP contribution in [0.5, 0.6) is 5.75 Å². The van der Waals surface area contributed by atoms with Crippen molar-refractivity contribution < 1.29 is 4.74 Å². The van der Waals surface area contributed by atoms with Crippen LogP contribution in [0.15, 0.2) is 78.9 Å². The Morgan fingerprint density at radius 3 is 2.09 bits per heavy atom. The van der Waals surface area contributed by atoms with E-state index in [1.54, 1.807) is 7.11 Å². The molecule has 0 unspecified atom stereocenters. The Kier molecular flexibility index (Phi) is 5.10. The second-order valence-electron chi connectivity index (χ2n) is 5.77. The predicted molar refractivity (Wildman–Crippen MR) is 96.9 cm³/mol. The van der Waals surface area contributed by atoms with E-state index in [0.29, 0.717) is 0 Å². The van der Waals surface area contributed by atoms with Crippen molar-refractivity contribution >= 4 is 0 Å². The van der Waals surface area contributed by atoms with E-state index in [4.69, 9.17) is 4.74 Å². The summed E-state index contributed by atoms with van der Waals surface area (Å²) in [7, 11) is 1.70. The highest BCUT2D eigenvalue weighted by Crippen LogP contribution is 2.21. The van der Waals surface area contributed by atoms with E-state index in [1.807, 2.05) is 12.1 Å². The summed E-state index contributed by atoms with van der Waals surface area (Å²) >= 11 is 0. The maximum atomic E-state index is 5.20. The molecule has 1 heteroatoms. The van der Waals surface area contributed by atoms with Gasteiger partial charge >= 0.3 is 0 Å². The molecule has 23 heavy (non-hydrogen) atoms. The molecule has 0 aliphatic carbocycles. The van der Waals surface area contributed by atoms with Crippen molar-refractivity contribution in [2.75, 3.05) is 7.11 Å². The highest BCUT2D eigenvalue weighted by molar-refractivity contribution is 5.63. The fraction of sp³-hybridized carbons (Fsp3) is 0.182. The van der Waals surface area contributed by atoms with E-state index in [0.717, 1.165) is 25.0 Å². The minimum absolute atomic E-state index is 0.921. The number of aryl methyl sites for hydroxylation is 2. The molecule has 0 radical (unpaired) electrons. The van der Waals surface area contributed by atoms with Crippen LogP contribution in [-0.2, 0) is 12.8 Å². The van der Waals surface area contributed by atoms with Gasteiger partial charge in [-0.1, -0.05) is 66.7 Å². The van der Waals surface area contributed by atoms with E-state index in [-0.39, 0.29) is 0 Å². The van der Waals surface area contributed by atoms with Crippen LogP contribution >= 0.6 is 0 Å². The second kappa shape index (κ2) is 7.64. The van der Waals surface area contributed by atoms with Crippen molar-refractivity contribution in [2.24, 2.45) is 0 Å². The first-order valence-corrected chi connectivity index (χ1v) is 8.12. The van der Waals surface area contributed by atoms with Crippen molar-refractivity contribution in [1.82, 2.24) is 0 Å². The van der Waals surface area contributed by atoms with Gasteiger partial charge in [0, 0.05) is 0 Å². The minimum atomic E-state index is 0.921. The fourth-order valence-corrected chi connectivity index (χ4v) is 2.83. The van der Waals surface area contributed by atoms with Crippen LogP contribution in [0.25, 0.3) is 11.1 Å². The van der Waals surface area contributed by atoms with Crippen molar-refractivity contribution in [3.05, 3.63) is 90.0 Å². The van der Waals surface area contributed by atoms with Gasteiger partial charge in [0.1, 0.15) is 5.75 Å². The Morgan fingerprint density at radius 1 is 0.652 bits per heavy atom.